The number of nitrogens with one attached hydrogen (secondary N) is 1. The third-order valence-corrected chi connectivity index (χ3v) is 7.60. The Morgan fingerprint density at radius 1 is 1.07 bits per heavy atom. The molecule has 0 aliphatic carbocycles. The molecule has 0 fully saturated rings. The molecule has 1 aromatic heterocycles. The third kappa shape index (κ3) is 5.10. The third-order valence-electron chi connectivity index (χ3n) is 4.59. The van der Waals surface area contributed by atoms with Crippen molar-refractivity contribution in [3.05, 3.63) is 70.2 Å². The molecule has 1 amide bonds. The summed E-state index contributed by atoms with van der Waals surface area (Å²) >= 11 is 1.36. The maximum atomic E-state index is 12.6. The first-order chi connectivity index (χ1) is 13.8. The number of thiazole rings is 1. The fraction of sp³-hybridized carbons (Fsp3) is 0.273. The van der Waals surface area contributed by atoms with Crippen LogP contribution in [0.3, 0.4) is 0 Å². The van der Waals surface area contributed by atoms with Crippen molar-refractivity contribution in [2.24, 2.45) is 0 Å². The molecule has 0 atom stereocenters. The molecule has 0 aliphatic heterocycles. The fourth-order valence-corrected chi connectivity index (χ4v) is 5.47. The van der Waals surface area contributed by atoms with Crippen LogP contribution in [0.4, 0.5) is 0 Å². The van der Waals surface area contributed by atoms with Gasteiger partial charge in [0, 0.05) is 12.1 Å². The molecular formula is C22H24N2O3S2. The fourth-order valence-electron chi connectivity index (χ4n) is 3.07. The molecule has 0 bridgehead atoms. The summed E-state index contributed by atoms with van der Waals surface area (Å²) in [6, 6.07) is 14.5. The van der Waals surface area contributed by atoms with Crippen LogP contribution in [0.25, 0.3) is 10.6 Å². The lowest BCUT2D eigenvalue weighted by atomic mass is 10.1. The number of benzene rings is 2. The Morgan fingerprint density at radius 3 is 2.48 bits per heavy atom. The Labute approximate surface area is 175 Å². The van der Waals surface area contributed by atoms with Crippen molar-refractivity contribution in [1.29, 1.82) is 0 Å². The van der Waals surface area contributed by atoms with E-state index in [1.807, 2.05) is 32.9 Å². The highest BCUT2D eigenvalue weighted by atomic mass is 32.2. The number of rotatable bonds is 7. The molecule has 1 heterocycles. The van der Waals surface area contributed by atoms with E-state index in [0.717, 1.165) is 16.1 Å². The largest absolute Gasteiger partial charge is 0.351 e. The zero-order valence-corrected chi connectivity index (χ0v) is 18.4. The van der Waals surface area contributed by atoms with Crippen LogP contribution in [0.1, 0.15) is 32.9 Å². The average Bonchev–Trinajstić information content (AvgIpc) is 3.07. The van der Waals surface area contributed by atoms with Crippen LogP contribution in [-0.2, 0) is 9.84 Å². The number of hydrogen-bond donors (Lipinski definition) is 1. The monoisotopic (exact) mass is 428 g/mol. The molecule has 5 nitrogen and oxygen atoms in total. The molecule has 7 heteroatoms. The van der Waals surface area contributed by atoms with Crippen molar-refractivity contribution in [3.8, 4) is 10.6 Å². The number of amides is 1. The predicted octanol–water partition coefficient (Wildman–Crippen LogP) is 4.33. The van der Waals surface area contributed by atoms with Gasteiger partial charge < -0.3 is 5.32 Å². The van der Waals surface area contributed by atoms with Gasteiger partial charge in [0.2, 0.25) is 0 Å². The maximum absolute atomic E-state index is 12.6. The van der Waals surface area contributed by atoms with Gasteiger partial charge in [-0.1, -0.05) is 42.0 Å². The number of aromatic nitrogens is 1. The highest BCUT2D eigenvalue weighted by Gasteiger charge is 2.18. The Hall–Kier alpha value is -2.51. The second kappa shape index (κ2) is 8.88. The summed E-state index contributed by atoms with van der Waals surface area (Å²) in [7, 11) is -3.33. The first-order valence-corrected chi connectivity index (χ1v) is 11.9. The van der Waals surface area contributed by atoms with E-state index in [1.165, 1.54) is 16.9 Å². The SMILES string of the molecule is Cc1ccc(-c2nc(C)c(C(=O)NCCCS(=O)(=O)c3ccccc3)s2)c(C)c1. The van der Waals surface area contributed by atoms with Crippen molar-refractivity contribution in [2.75, 3.05) is 12.3 Å². The van der Waals surface area contributed by atoms with Crippen LogP contribution in [0.5, 0.6) is 0 Å². The number of carbonyl (C=O) groups excluding carboxylic acids is 1. The van der Waals surface area contributed by atoms with Crippen molar-refractivity contribution in [3.63, 3.8) is 0 Å². The van der Waals surface area contributed by atoms with E-state index in [0.29, 0.717) is 28.4 Å². The minimum atomic E-state index is -3.33. The predicted molar refractivity (Wildman–Crippen MR) is 117 cm³/mol. The maximum Gasteiger partial charge on any atom is 0.263 e. The van der Waals surface area contributed by atoms with Crippen LogP contribution in [0, 0.1) is 20.8 Å². The average molecular weight is 429 g/mol. The summed E-state index contributed by atoms with van der Waals surface area (Å²) < 4.78 is 24.6. The second-order valence-electron chi connectivity index (χ2n) is 6.99. The molecule has 29 heavy (non-hydrogen) atoms. The van der Waals surface area contributed by atoms with Gasteiger partial charge >= 0.3 is 0 Å². The van der Waals surface area contributed by atoms with Crippen LogP contribution in [0.2, 0.25) is 0 Å². The molecular weight excluding hydrogens is 404 g/mol. The van der Waals surface area contributed by atoms with Gasteiger partial charge in [0.25, 0.3) is 5.91 Å². The zero-order valence-electron chi connectivity index (χ0n) is 16.7. The van der Waals surface area contributed by atoms with Gasteiger partial charge in [-0.25, -0.2) is 13.4 Å². The topological polar surface area (TPSA) is 76.1 Å². The highest BCUT2D eigenvalue weighted by Crippen LogP contribution is 2.30. The molecule has 0 radical (unpaired) electrons. The van der Waals surface area contributed by atoms with E-state index in [-0.39, 0.29) is 11.7 Å². The lowest BCUT2D eigenvalue weighted by molar-refractivity contribution is 0.0957. The molecule has 3 aromatic rings. The minimum absolute atomic E-state index is 0.00717. The van der Waals surface area contributed by atoms with Gasteiger partial charge in [0.1, 0.15) is 9.88 Å². The zero-order chi connectivity index (χ0) is 21.0. The number of sulfone groups is 1. The minimum Gasteiger partial charge on any atom is -0.351 e. The van der Waals surface area contributed by atoms with Gasteiger partial charge in [-0.2, -0.15) is 0 Å². The van der Waals surface area contributed by atoms with Crippen LogP contribution >= 0.6 is 11.3 Å². The molecule has 3 rings (SSSR count). The number of aryl methyl sites for hydroxylation is 3. The van der Waals surface area contributed by atoms with E-state index >= 15 is 0 Å². The van der Waals surface area contributed by atoms with E-state index < -0.39 is 9.84 Å². The van der Waals surface area contributed by atoms with Crippen LogP contribution in [-0.4, -0.2) is 31.6 Å². The number of nitrogens with zero attached hydrogens (tertiary/aromatic N) is 1. The second-order valence-corrected chi connectivity index (χ2v) is 10.1. The lowest BCUT2D eigenvalue weighted by Crippen LogP contribution is -2.25. The molecule has 0 spiro atoms. The summed E-state index contributed by atoms with van der Waals surface area (Å²) in [5, 5.41) is 3.64. The molecule has 0 unspecified atom stereocenters. The van der Waals surface area contributed by atoms with E-state index in [4.69, 9.17) is 0 Å². The van der Waals surface area contributed by atoms with Gasteiger partial charge in [-0.3, -0.25) is 4.79 Å². The van der Waals surface area contributed by atoms with Crippen molar-refractivity contribution < 1.29 is 13.2 Å². The first kappa shape index (κ1) is 21.2. The quantitative estimate of drug-likeness (QED) is 0.568. The van der Waals surface area contributed by atoms with Crippen LogP contribution in [0.15, 0.2) is 53.4 Å². The summed E-state index contributed by atoms with van der Waals surface area (Å²) in [5.74, 6) is -0.222. The van der Waals surface area contributed by atoms with Gasteiger partial charge in [-0.05, 0) is 44.9 Å². The van der Waals surface area contributed by atoms with E-state index in [1.54, 1.807) is 30.3 Å². The first-order valence-electron chi connectivity index (χ1n) is 9.39. The number of carbonyl (C=O) groups is 1. The molecule has 1 N–H and O–H groups in total. The smallest absolute Gasteiger partial charge is 0.263 e. The Morgan fingerprint density at radius 2 is 1.79 bits per heavy atom. The van der Waals surface area contributed by atoms with Crippen molar-refractivity contribution in [1.82, 2.24) is 10.3 Å². The molecule has 2 aromatic carbocycles. The normalized spacial score (nSPS) is 11.4. The van der Waals surface area contributed by atoms with E-state index in [2.05, 4.69) is 16.4 Å². The van der Waals surface area contributed by atoms with Gasteiger partial charge in [0.15, 0.2) is 9.84 Å². The standard InChI is InChI=1S/C22H24N2O3S2/c1-15-10-11-19(16(2)14-15)22-24-17(3)20(28-22)21(25)23-12-7-13-29(26,27)18-8-5-4-6-9-18/h4-6,8-11,14H,7,12-13H2,1-3H3,(H,23,25). The van der Waals surface area contributed by atoms with Crippen molar-refractivity contribution >= 4 is 27.1 Å². The van der Waals surface area contributed by atoms with Crippen LogP contribution < -0.4 is 5.32 Å². The molecule has 152 valence electrons. The van der Waals surface area contributed by atoms with Gasteiger partial charge in [-0.15, -0.1) is 11.3 Å². The molecule has 0 aliphatic rings. The Bertz CT molecular complexity index is 1120. The van der Waals surface area contributed by atoms with Crippen molar-refractivity contribution in [2.45, 2.75) is 32.1 Å². The Kier molecular flexibility index (Phi) is 6.49. The van der Waals surface area contributed by atoms with E-state index in [9.17, 15) is 13.2 Å². The molecule has 0 saturated carbocycles. The summed E-state index contributed by atoms with van der Waals surface area (Å²) in [6.45, 7) is 6.19. The summed E-state index contributed by atoms with van der Waals surface area (Å²) in [4.78, 5) is 18.0. The highest BCUT2D eigenvalue weighted by molar-refractivity contribution is 7.91. The lowest BCUT2D eigenvalue weighted by Gasteiger charge is -2.06. The number of hydrogen-bond acceptors (Lipinski definition) is 5. The molecule has 0 saturated heterocycles. The summed E-state index contributed by atoms with van der Waals surface area (Å²) in [6.07, 6.45) is 0.352. The van der Waals surface area contributed by atoms with Gasteiger partial charge in [0.05, 0.1) is 16.3 Å². The Balaban J connectivity index is 1.61. The summed E-state index contributed by atoms with van der Waals surface area (Å²) in [5.41, 5.74) is 4.01.